The molecule has 0 saturated carbocycles. The van der Waals surface area contributed by atoms with E-state index in [9.17, 15) is 4.79 Å². The van der Waals surface area contributed by atoms with Gasteiger partial charge in [0.1, 0.15) is 12.7 Å². The largest absolute Gasteiger partial charge is 0.480 e. The van der Waals surface area contributed by atoms with E-state index in [1.54, 1.807) is 24.2 Å². The molecule has 1 unspecified atom stereocenters. The number of nitrogens with zero attached hydrogens (tertiary/aromatic N) is 6. The van der Waals surface area contributed by atoms with E-state index in [0.29, 0.717) is 19.0 Å². The standard InChI is InChI=1S/C20H23N7O2/c1-29-19-9-8-18(24-25-19)26-10-2-3-16(12-26)20(28)23-17-6-4-15(5-7-17)11-27-14-21-13-22-27/h4-9,13-14,16H,2-3,10-12H2,1H3,(H,23,28). The van der Waals surface area contributed by atoms with Crippen molar-refractivity contribution in [1.82, 2.24) is 25.0 Å². The maximum Gasteiger partial charge on any atom is 0.233 e. The van der Waals surface area contributed by atoms with Crippen LogP contribution in [0.3, 0.4) is 0 Å². The number of nitrogens with one attached hydrogen (secondary N) is 1. The summed E-state index contributed by atoms with van der Waals surface area (Å²) < 4.78 is 6.81. The number of amides is 1. The quantitative estimate of drug-likeness (QED) is 0.684. The predicted octanol–water partition coefficient (Wildman–Crippen LogP) is 1.98. The van der Waals surface area contributed by atoms with Gasteiger partial charge in [-0.2, -0.15) is 5.10 Å². The van der Waals surface area contributed by atoms with E-state index < -0.39 is 0 Å². The number of benzene rings is 1. The summed E-state index contributed by atoms with van der Waals surface area (Å²) in [6.45, 7) is 2.13. The summed E-state index contributed by atoms with van der Waals surface area (Å²) in [5, 5.41) is 15.4. The molecule has 9 heteroatoms. The Morgan fingerprint density at radius 3 is 2.76 bits per heavy atom. The lowest BCUT2D eigenvalue weighted by molar-refractivity contribution is -0.120. The number of ether oxygens (including phenoxy) is 1. The molecule has 1 N–H and O–H groups in total. The van der Waals surface area contributed by atoms with Gasteiger partial charge in [0, 0.05) is 24.8 Å². The first kappa shape index (κ1) is 18.9. The van der Waals surface area contributed by atoms with Crippen molar-refractivity contribution in [3.63, 3.8) is 0 Å². The molecule has 4 rings (SSSR count). The van der Waals surface area contributed by atoms with Gasteiger partial charge in [-0.1, -0.05) is 12.1 Å². The molecule has 1 fully saturated rings. The molecule has 1 amide bonds. The number of hydrogen-bond donors (Lipinski definition) is 1. The molecular formula is C20H23N7O2. The minimum Gasteiger partial charge on any atom is -0.480 e. The van der Waals surface area contributed by atoms with Crippen LogP contribution in [0, 0.1) is 5.92 Å². The average Bonchev–Trinajstić information content (AvgIpc) is 3.28. The van der Waals surface area contributed by atoms with Gasteiger partial charge in [0.25, 0.3) is 0 Å². The summed E-state index contributed by atoms with van der Waals surface area (Å²) in [6.07, 6.45) is 4.98. The van der Waals surface area contributed by atoms with Crippen LogP contribution in [0.5, 0.6) is 5.88 Å². The Bertz CT molecular complexity index is 926. The normalized spacial score (nSPS) is 16.4. The number of hydrogen-bond acceptors (Lipinski definition) is 7. The van der Waals surface area contributed by atoms with E-state index >= 15 is 0 Å². The van der Waals surface area contributed by atoms with Crippen molar-refractivity contribution in [3.05, 3.63) is 54.6 Å². The first-order valence-electron chi connectivity index (χ1n) is 9.56. The van der Waals surface area contributed by atoms with E-state index in [2.05, 4.69) is 30.5 Å². The van der Waals surface area contributed by atoms with Gasteiger partial charge in [-0.15, -0.1) is 10.2 Å². The molecule has 0 radical (unpaired) electrons. The van der Waals surface area contributed by atoms with Crippen molar-refractivity contribution in [2.24, 2.45) is 5.92 Å². The molecule has 1 aliphatic rings. The van der Waals surface area contributed by atoms with Gasteiger partial charge in [-0.05, 0) is 36.6 Å². The molecular weight excluding hydrogens is 370 g/mol. The molecule has 2 aromatic heterocycles. The Balaban J connectivity index is 1.35. The fraction of sp³-hybridized carbons (Fsp3) is 0.350. The Kier molecular flexibility index (Phi) is 5.64. The van der Waals surface area contributed by atoms with Crippen LogP contribution in [0.4, 0.5) is 11.5 Å². The lowest BCUT2D eigenvalue weighted by Crippen LogP contribution is -2.41. The Morgan fingerprint density at radius 1 is 1.21 bits per heavy atom. The second-order valence-electron chi connectivity index (χ2n) is 7.00. The van der Waals surface area contributed by atoms with E-state index in [4.69, 9.17) is 4.74 Å². The zero-order valence-corrected chi connectivity index (χ0v) is 16.2. The molecule has 150 valence electrons. The zero-order valence-electron chi connectivity index (χ0n) is 16.2. The fourth-order valence-electron chi connectivity index (χ4n) is 3.43. The smallest absolute Gasteiger partial charge is 0.233 e. The maximum atomic E-state index is 12.8. The van der Waals surface area contributed by atoms with Crippen LogP contribution in [0.15, 0.2) is 49.1 Å². The minimum absolute atomic E-state index is 0.0280. The van der Waals surface area contributed by atoms with Crippen molar-refractivity contribution < 1.29 is 9.53 Å². The number of anilines is 2. The highest BCUT2D eigenvalue weighted by Crippen LogP contribution is 2.23. The van der Waals surface area contributed by atoms with Crippen LogP contribution < -0.4 is 15.0 Å². The van der Waals surface area contributed by atoms with E-state index in [0.717, 1.165) is 36.5 Å². The van der Waals surface area contributed by atoms with Crippen LogP contribution in [0.25, 0.3) is 0 Å². The van der Waals surface area contributed by atoms with Gasteiger partial charge < -0.3 is 15.0 Å². The monoisotopic (exact) mass is 393 g/mol. The summed E-state index contributed by atoms with van der Waals surface area (Å²) in [5.74, 6) is 1.18. The molecule has 29 heavy (non-hydrogen) atoms. The van der Waals surface area contributed by atoms with Crippen LogP contribution in [-0.4, -0.2) is 51.1 Å². The first-order valence-corrected chi connectivity index (χ1v) is 9.56. The van der Waals surface area contributed by atoms with Gasteiger partial charge >= 0.3 is 0 Å². The number of piperidine rings is 1. The zero-order chi connectivity index (χ0) is 20.1. The summed E-state index contributed by atoms with van der Waals surface area (Å²) in [4.78, 5) is 18.8. The lowest BCUT2D eigenvalue weighted by Gasteiger charge is -2.32. The molecule has 9 nitrogen and oxygen atoms in total. The van der Waals surface area contributed by atoms with Crippen LogP contribution in [0.2, 0.25) is 0 Å². The van der Waals surface area contributed by atoms with Gasteiger partial charge in [-0.3, -0.25) is 4.79 Å². The number of rotatable bonds is 6. The number of carbonyl (C=O) groups excluding carboxylic acids is 1. The summed E-state index contributed by atoms with van der Waals surface area (Å²) in [7, 11) is 1.56. The lowest BCUT2D eigenvalue weighted by atomic mass is 9.97. The second kappa shape index (κ2) is 8.68. The van der Waals surface area contributed by atoms with Crippen LogP contribution >= 0.6 is 0 Å². The first-order chi connectivity index (χ1) is 14.2. The third-order valence-electron chi connectivity index (χ3n) is 4.98. The molecule has 3 heterocycles. The molecule has 0 spiro atoms. The molecule has 1 saturated heterocycles. The van der Waals surface area contributed by atoms with Gasteiger partial charge in [0.2, 0.25) is 11.8 Å². The van der Waals surface area contributed by atoms with Gasteiger partial charge in [0.15, 0.2) is 5.82 Å². The Hall–Kier alpha value is -3.49. The number of aromatic nitrogens is 5. The number of methoxy groups -OCH3 is 1. The van der Waals surface area contributed by atoms with E-state index in [1.165, 1.54) is 6.33 Å². The Morgan fingerprint density at radius 2 is 2.07 bits per heavy atom. The molecule has 1 atom stereocenters. The van der Waals surface area contributed by atoms with E-state index in [-0.39, 0.29) is 11.8 Å². The van der Waals surface area contributed by atoms with E-state index in [1.807, 2.05) is 30.3 Å². The topological polar surface area (TPSA) is 98.1 Å². The van der Waals surface area contributed by atoms with Crippen LogP contribution in [0.1, 0.15) is 18.4 Å². The molecule has 0 aliphatic carbocycles. The number of carbonyl (C=O) groups is 1. The average molecular weight is 393 g/mol. The van der Waals surface area contributed by atoms with Crippen molar-refractivity contribution in [2.45, 2.75) is 19.4 Å². The van der Waals surface area contributed by atoms with Crippen molar-refractivity contribution in [3.8, 4) is 5.88 Å². The van der Waals surface area contributed by atoms with Crippen LogP contribution in [-0.2, 0) is 11.3 Å². The summed E-state index contributed by atoms with van der Waals surface area (Å²) in [6, 6.07) is 11.5. The van der Waals surface area contributed by atoms with Gasteiger partial charge in [0.05, 0.1) is 19.6 Å². The second-order valence-corrected chi connectivity index (χ2v) is 7.00. The van der Waals surface area contributed by atoms with Crippen molar-refractivity contribution in [2.75, 3.05) is 30.4 Å². The molecule has 1 aromatic carbocycles. The Labute approximate surface area is 168 Å². The highest BCUT2D eigenvalue weighted by Gasteiger charge is 2.26. The molecule has 3 aromatic rings. The van der Waals surface area contributed by atoms with Crippen molar-refractivity contribution >= 4 is 17.4 Å². The predicted molar refractivity (Wildman–Crippen MR) is 108 cm³/mol. The fourth-order valence-corrected chi connectivity index (χ4v) is 3.43. The third-order valence-corrected chi connectivity index (χ3v) is 4.98. The highest BCUT2D eigenvalue weighted by molar-refractivity contribution is 5.93. The molecule has 1 aliphatic heterocycles. The third kappa shape index (κ3) is 4.68. The minimum atomic E-state index is -0.0949. The maximum absolute atomic E-state index is 12.8. The summed E-state index contributed by atoms with van der Waals surface area (Å²) >= 11 is 0. The summed E-state index contributed by atoms with van der Waals surface area (Å²) in [5.41, 5.74) is 1.88. The molecule has 0 bridgehead atoms. The highest BCUT2D eigenvalue weighted by atomic mass is 16.5. The SMILES string of the molecule is COc1ccc(N2CCCC(C(=O)Nc3ccc(Cn4cncn4)cc3)C2)nn1. The van der Waals surface area contributed by atoms with Gasteiger partial charge in [-0.25, -0.2) is 9.67 Å². The van der Waals surface area contributed by atoms with Crippen molar-refractivity contribution in [1.29, 1.82) is 0 Å².